The number of carboxylic acids is 1. The van der Waals surface area contributed by atoms with Gasteiger partial charge >= 0.3 is 5.97 Å². The topological polar surface area (TPSA) is 57.6 Å². The van der Waals surface area contributed by atoms with Crippen molar-refractivity contribution in [2.75, 3.05) is 7.05 Å². The lowest BCUT2D eigenvalue weighted by Crippen LogP contribution is -2.62. The van der Waals surface area contributed by atoms with Crippen LogP contribution in [0.4, 0.5) is 0 Å². The highest BCUT2D eigenvalue weighted by Crippen LogP contribution is 2.27. The number of carboxylic acid groups (broad SMARTS) is 1. The maximum absolute atomic E-state index is 11.0. The third-order valence-electron chi connectivity index (χ3n) is 2.16. The van der Waals surface area contributed by atoms with E-state index in [1.54, 1.807) is 0 Å². The average Bonchev–Trinajstić information content (AvgIpc) is 1.96. The first-order valence-electron chi connectivity index (χ1n) is 3.59. The summed E-state index contributed by atoms with van der Waals surface area (Å²) >= 11 is 0. The van der Waals surface area contributed by atoms with Gasteiger partial charge in [0.25, 0.3) is 0 Å². The molecule has 62 valence electrons. The number of nitrogens with zero attached hydrogens (tertiary/aromatic N) is 1. The van der Waals surface area contributed by atoms with Crippen LogP contribution < -0.4 is 0 Å². The largest absolute Gasteiger partial charge is 0.480 e. The fourth-order valence-electron chi connectivity index (χ4n) is 1.46. The minimum atomic E-state index is -0.904. The van der Waals surface area contributed by atoms with Gasteiger partial charge in [-0.1, -0.05) is 6.92 Å². The number of carbonyl (C=O) groups excluding carboxylic acids is 1. The number of amides is 1. The fourth-order valence-corrected chi connectivity index (χ4v) is 1.46. The second-order valence-corrected chi connectivity index (χ2v) is 2.75. The molecule has 1 N–H and O–H groups in total. The Balaban J connectivity index is 2.67. The molecule has 1 amide bonds. The maximum Gasteiger partial charge on any atom is 0.327 e. The highest BCUT2D eigenvalue weighted by molar-refractivity contribution is 5.96. The molecule has 0 spiro atoms. The smallest absolute Gasteiger partial charge is 0.327 e. The summed E-state index contributed by atoms with van der Waals surface area (Å²) in [6.07, 6.45) is 0.611. The second kappa shape index (κ2) is 2.53. The first-order chi connectivity index (χ1) is 5.09. The lowest BCUT2D eigenvalue weighted by molar-refractivity contribution is -0.168. The van der Waals surface area contributed by atoms with Crippen LogP contribution in [0.1, 0.15) is 13.3 Å². The minimum absolute atomic E-state index is 0.0556. The van der Waals surface area contributed by atoms with Crippen molar-refractivity contribution in [3.05, 3.63) is 0 Å². The maximum atomic E-state index is 11.0. The normalized spacial score (nSPS) is 30.0. The molecule has 2 atom stereocenters. The van der Waals surface area contributed by atoms with Crippen LogP contribution in [-0.4, -0.2) is 35.0 Å². The van der Waals surface area contributed by atoms with Gasteiger partial charge in [0.2, 0.25) is 5.91 Å². The van der Waals surface area contributed by atoms with E-state index in [9.17, 15) is 9.59 Å². The highest BCUT2D eigenvalue weighted by Gasteiger charge is 2.48. The zero-order valence-corrected chi connectivity index (χ0v) is 6.57. The van der Waals surface area contributed by atoms with Crippen molar-refractivity contribution in [3.63, 3.8) is 0 Å². The Morgan fingerprint density at radius 1 is 1.73 bits per heavy atom. The average molecular weight is 157 g/mol. The Kier molecular flexibility index (Phi) is 1.85. The van der Waals surface area contributed by atoms with Gasteiger partial charge in [0, 0.05) is 7.05 Å². The third kappa shape index (κ3) is 0.982. The number of hydrogen-bond donors (Lipinski definition) is 1. The molecule has 1 aliphatic heterocycles. The summed E-state index contributed by atoms with van der Waals surface area (Å²) in [5.41, 5.74) is 0. The lowest BCUT2D eigenvalue weighted by Gasteiger charge is -2.41. The predicted molar refractivity (Wildman–Crippen MR) is 38.0 cm³/mol. The molecule has 0 aromatic carbocycles. The summed E-state index contributed by atoms with van der Waals surface area (Å²) in [6, 6.07) is -0.590. The zero-order chi connectivity index (χ0) is 8.59. The van der Waals surface area contributed by atoms with Crippen LogP contribution >= 0.6 is 0 Å². The van der Waals surface area contributed by atoms with Crippen LogP contribution in [-0.2, 0) is 9.59 Å². The molecule has 0 saturated carbocycles. The first kappa shape index (κ1) is 8.04. The first-order valence-corrected chi connectivity index (χ1v) is 3.59. The Hall–Kier alpha value is -1.06. The molecule has 0 radical (unpaired) electrons. The molecule has 1 aliphatic rings. The molecule has 0 aliphatic carbocycles. The monoisotopic (exact) mass is 157 g/mol. The van der Waals surface area contributed by atoms with Gasteiger partial charge < -0.3 is 10.0 Å². The number of β-lactam (4-membered cyclic amide) rings is 1. The SMILES string of the molecule is CCC1C(=O)N(C)C1C(=O)O. The van der Waals surface area contributed by atoms with Gasteiger partial charge in [-0.3, -0.25) is 4.79 Å². The van der Waals surface area contributed by atoms with E-state index in [1.165, 1.54) is 11.9 Å². The fraction of sp³-hybridized carbons (Fsp3) is 0.714. The van der Waals surface area contributed by atoms with Crippen molar-refractivity contribution < 1.29 is 14.7 Å². The minimum Gasteiger partial charge on any atom is -0.480 e. The van der Waals surface area contributed by atoms with Crippen LogP contribution in [0.2, 0.25) is 0 Å². The van der Waals surface area contributed by atoms with Crippen molar-refractivity contribution in [1.82, 2.24) is 4.90 Å². The summed E-state index contributed by atoms with van der Waals surface area (Å²) in [5.74, 6) is -1.25. The number of aliphatic carboxylic acids is 1. The Bertz CT molecular complexity index is 202. The highest BCUT2D eigenvalue weighted by atomic mass is 16.4. The van der Waals surface area contributed by atoms with E-state index in [-0.39, 0.29) is 11.8 Å². The van der Waals surface area contributed by atoms with E-state index in [2.05, 4.69) is 0 Å². The number of likely N-dealkylation sites (N-methyl/N-ethyl adjacent to an activating group) is 1. The van der Waals surface area contributed by atoms with Gasteiger partial charge in [0.15, 0.2) is 0 Å². The van der Waals surface area contributed by atoms with Crippen molar-refractivity contribution >= 4 is 11.9 Å². The lowest BCUT2D eigenvalue weighted by atomic mass is 9.86. The van der Waals surface area contributed by atoms with Gasteiger partial charge in [-0.15, -0.1) is 0 Å². The van der Waals surface area contributed by atoms with Gasteiger partial charge in [0.1, 0.15) is 6.04 Å². The number of hydrogen-bond acceptors (Lipinski definition) is 2. The van der Waals surface area contributed by atoms with E-state index in [4.69, 9.17) is 5.11 Å². The molecule has 1 saturated heterocycles. The van der Waals surface area contributed by atoms with E-state index < -0.39 is 12.0 Å². The molecular weight excluding hydrogens is 146 g/mol. The van der Waals surface area contributed by atoms with Gasteiger partial charge in [0.05, 0.1) is 5.92 Å². The number of carbonyl (C=O) groups is 2. The van der Waals surface area contributed by atoms with Crippen LogP contribution in [0, 0.1) is 5.92 Å². The van der Waals surface area contributed by atoms with Crippen molar-refractivity contribution in [1.29, 1.82) is 0 Å². The second-order valence-electron chi connectivity index (χ2n) is 2.75. The molecule has 4 nitrogen and oxygen atoms in total. The standard InChI is InChI=1S/C7H11NO3/c1-3-4-5(7(10)11)8(2)6(4)9/h4-5H,3H2,1-2H3,(H,10,11). The summed E-state index contributed by atoms with van der Waals surface area (Å²) in [6.45, 7) is 1.82. The van der Waals surface area contributed by atoms with Crippen LogP contribution in [0.5, 0.6) is 0 Å². The van der Waals surface area contributed by atoms with Gasteiger partial charge in [-0.25, -0.2) is 4.79 Å². The van der Waals surface area contributed by atoms with Crippen LogP contribution in [0.3, 0.4) is 0 Å². The molecule has 2 unspecified atom stereocenters. The van der Waals surface area contributed by atoms with Crippen molar-refractivity contribution in [2.24, 2.45) is 5.92 Å². The van der Waals surface area contributed by atoms with Crippen molar-refractivity contribution in [3.8, 4) is 0 Å². The predicted octanol–water partition coefficient (Wildman–Crippen LogP) is -0.0622. The van der Waals surface area contributed by atoms with E-state index >= 15 is 0 Å². The molecule has 1 fully saturated rings. The van der Waals surface area contributed by atoms with E-state index in [0.717, 1.165) is 0 Å². The number of likely N-dealkylation sites (tertiary alicyclic amines) is 1. The summed E-state index contributed by atoms with van der Waals surface area (Å²) in [4.78, 5) is 22.8. The van der Waals surface area contributed by atoms with Gasteiger partial charge in [-0.05, 0) is 6.42 Å². The number of rotatable bonds is 2. The molecule has 0 aromatic heterocycles. The van der Waals surface area contributed by atoms with E-state index in [0.29, 0.717) is 6.42 Å². The Morgan fingerprint density at radius 2 is 2.27 bits per heavy atom. The van der Waals surface area contributed by atoms with Crippen molar-refractivity contribution in [2.45, 2.75) is 19.4 Å². The molecular formula is C7H11NO3. The molecule has 0 aromatic rings. The molecule has 4 heteroatoms. The molecule has 0 bridgehead atoms. The van der Waals surface area contributed by atoms with Crippen LogP contribution in [0.25, 0.3) is 0 Å². The quantitative estimate of drug-likeness (QED) is 0.571. The summed E-state index contributed by atoms with van der Waals surface area (Å²) in [7, 11) is 1.52. The molecule has 1 heterocycles. The van der Waals surface area contributed by atoms with E-state index in [1.807, 2.05) is 6.92 Å². The van der Waals surface area contributed by atoms with Gasteiger partial charge in [-0.2, -0.15) is 0 Å². The molecule has 11 heavy (non-hydrogen) atoms. The summed E-state index contributed by atoms with van der Waals surface area (Å²) in [5, 5.41) is 8.63. The Morgan fingerprint density at radius 3 is 2.55 bits per heavy atom. The van der Waals surface area contributed by atoms with Crippen LogP contribution in [0.15, 0.2) is 0 Å². The third-order valence-corrected chi connectivity index (χ3v) is 2.16. The molecule has 1 rings (SSSR count). The zero-order valence-electron chi connectivity index (χ0n) is 6.57. The summed E-state index contributed by atoms with van der Waals surface area (Å²) < 4.78 is 0. The Labute approximate surface area is 64.8 Å².